The van der Waals surface area contributed by atoms with Gasteiger partial charge in [0.25, 0.3) is 11.8 Å². The normalized spacial score (nSPS) is 10.7. The molecule has 3 aromatic rings. The molecule has 0 atom stereocenters. The summed E-state index contributed by atoms with van der Waals surface area (Å²) in [6, 6.07) is 16.7. The van der Waals surface area contributed by atoms with E-state index in [0.717, 1.165) is 0 Å². The fourth-order valence-electron chi connectivity index (χ4n) is 2.65. The lowest BCUT2D eigenvalue weighted by molar-refractivity contribution is 0.0954. The Hall–Kier alpha value is -3.17. The number of hydrogen-bond donors (Lipinski definition) is 3. The maximum Gasteiger partial charge on any atom is 0.271 e. The van der Waals surface area contributed by atoms with E-state index in [-0.39, 0.29) is 11.7 Å². The number of nitrogens with zero attached hydrogens (tertiary/aromatic N) is 1. The summed E-state index contributed by atoms with van der Waals surface area (Å²) in [5.74, 6) is -0.419. The summed E-state index contributed by atoms with van der Waals surface area (Å²) in [6.07, 6.45) is 1.40. The fourth-order valence-corrected chi connectivity index (χ4v) is 3.75. The van der Waals surface area contributed by atoms with E-state index in [0.29, 0.717) is 37.1 Å². The molecule has 0 aliphatic heterocycles. The third kappa shape index (κ3) is 5.71. The van der Waals surface area contributed by atoms with Gasteiger partial charge in [-0.1, -0.05) is 12.1 Å². The Labute approximate surface area is 195 Å². The molecule has 3 N–H and O–H groups in total. The number of phenols is 1. The molecular formula is C22H17Br2N3O4. The molecular weight excluding hydrogens is 530 g/mol. The second kappa shape index (κ2) is 10.2. The van der Waals surface area contributed by atoms with Crippen molar-refractivity contribution in [3.63, 3.8) is 0 Å². The third-order valence-electron chi connectivity index (χ3n) is 4.15. The number of anilines is 1. The number of amides is 2. The number of nitrogens with one attached hydrogen (secondary N) is 2. The van der Waals surface area contributed by atoms with E-state index in [1.807, 2.05) is 6.07 Å². The highest BCUT2D eigenvalue weighted by atomic mass is 79.9. The number of methoxy groups -OCH3 is 1. The van der Waals surface area contributed by atoms with Crippen molar-refractivity contribution in [3.8, 4) is 11.5 Å². The van der Waals surface area contributed by atoms with Crippen molar-refractivity contribution in [2.75, 3.05) is 12.4 Å². The van der Waals surface area contributed by atoms with E-state index < -0.39 is 5.91 Å². The number of phenolic OH excluding ortho intramolecular Hbond substituents is 1. The van der Waals surface area contributed by atoms with Gasteiger partial charge in [0.1, 0.15) is 0 Å². The summed E-state index contributed by atoms with van der Waals surface area (Å²) >= 11 is 6.64. The Morgan fingerprint density at radius 2 is 1.71 bits per heavy atom. The van der Waals surface area contributed by atoms with Gasteiger partial charge >= 0.3 is 0 Å². The first-order valence-electron chi connectivity index (χ1n) is 8.95. The summed E-state index contributed by atoms with van der Waals surface area (Å²) in [5, 5.41) is 16.6. The van der Waals surface area contributed by atoms with Crippen molar-refractivity contribution in [2.45, 2.75) is 0 Å². The largest absolute Gasteiger partial charge is 0.504 e. The number of ether oxygens (including phenoxy) is 1. The maximum atomic E-state index is 12.3. The minimum atomic E-state index is -0.420. The van der Waals surface area contributed by atoms with Crippen LogP contribution in [-0.2, 0) is 0 Å². The molecule has 0 fully saturated rings. The molecule has 0 heterocycles. The van der Waals surface area contributed by atoms with E-state index in [1.165, 1.54) is 19.4 Å². The van der Waals surface area contributed by atoms with Gasteiger partial charge in [-0.25, -0.2) is 5.43 Å². The van der Waals surface area contributed by atoms with Gasteiger partial charge in [-0.15, -0.1) is 0 Å². The number of hydrazone groups is 1. The maximum absolute atomic E-state index is 12.3. The van der Waals surface area contributed by atoms with Crippen LogP contribution in [-0.4, -0.2) is 30.2 Å². The van der Waals surface area contributed by atoms with Crippen LogP contribution in [0.3, 0.4) is 0 Å². The van der Waals surface area contributed by atoms with Crippen LogP contribution in [0.4, 0.5) is 5.69 Å². The molecule has 0 saturated carbocycles. The average Bonchev–Trinajstić information content (AvgIpc) is 2.74. The molecule has 0 radical (unpaired) electrons. The van der Waals surface area contributed by atoms with Gasteiger partial charge in [0.15, 0.2) is 11.5 Å². The van der Waals surface area contributed by atoms with Crippen LogP contribution in [0.2, 0.25) is 0 Å². The molecule has 9 heteroatoms. The Kier molecular flexibility index (Phi) is 7.43. The molecule has 158 valence electrons. The second-order valence-corrected chi connectivity index (χ2v) is 7.97. The summed E-state index contributed by atoms with van der Waals surface area (Å²) < 4.78 is 6.31. The monoisotopic (exact) mass is 545 g/mol. The molecule has 3 aromatic carbocycles. The first-order valence-corrected chi connectivity index (χ1v) is 10.5. The Morgan fingerprint density at radius 1 is 1.00 bits per heavy atom. The van der Waals surface area contributed by atoms with Gasteiger partial charge in [-0.05, 0) is 86.0 Å². The topological polar surface area (TPSA) is 100 Å². The van der Waals surface area contributed by atoms with Gasteiger partial charge in [0.05, 0.1) is 23.4 Å². The van der Waals surface area contributed by atoms with Crippen molar-refractivity contribution in [1.82, 2.24) is 5.43 Å². The van der Waals surface area contributed by atoms with Crippen LogP contribution in [0.1, 0.15) is 26.3 Å². The molecule has 31 heavy (non-hydrogen) atoms. The number of hydrogen-bond acceptors (Lipinski definition) is 5. The van der Waals surface area contributed by atoms with Crippen LogP contribution in [0.15, 0.2) is 74.7 Å². The van der Waals surface area contributed by atoms with Gasteiger partial charge in [-0.2, -0.15) is 5.10 Å². The highest BCUT2D eigenvalue weighted by molar-refractivity contribution is 9.10. The molecule has 0 aromatic heterocycles. The second-order valence-electron chi connectivity index (χ2n) is 6.27. The molecule has 0 aliphatic rings. The first-order chi connectivity index (χ1) is 14.9. The number of carbonyl (C=O) groups excluding carboxylic acids is 2. The zero-order chi connectivity index (χ0) is 22.4. The molecule has 3 rings (SSSR count). The first kappa shape index (κ1) is 22.5. The lowest BCUT2D eigenvalue weighted by Gasteiger charge is -2.08. The van der Waals surface area contributed by atoms with Crippen LogP contribution in [0, 0.1) is 0 Å². The zero-order valence-electron chi connectivity index (χ0n) is 16.2. The minimum absolute atomic E-state index is 0.0511. The van der Waals surface area contributed by atoms with Gasteiger partial charge in [0.2, 0.25) is 0 Å². The number of benzene rings is 3. The van der Waals surface area contributed by atoms with Gasteiger partial charge in [-0.3, -0.25) is 9.59 Å². The predicted octanol–water partition coefficient (Wildman–Crippen LogP) is 4.94. The quantitative estimate of drug-likeness (QED) is 0.301. The van der Waals surface area contributed by atoms with Crippen molar-refractivity contribution < 1.29 is 19.4 Å². The van der Waals surface area contributed by atoms with Crippen molar-refractivity contribution >= 4 is 55.6 Å². The van der Waals surface area contributed by atoms with Crippen LogP contribution in [0.25, 0.3) is 0 Å². The molecule has 0 aliphatic carbocycles. The summed E-state index contributed by atoms with van der Waals surface area (Å²) in [4.78, 5) is 24.6. The summed E-state index contributed by atoms with van der Waals surface area (Å²) in [7, 11) is 1.45. The van der Waals surface area contributed by atoms with E-state index in [1.54, 1.807) is 48.5 Å². The summed E-state index contributed by atoms with van der Waals surface area (Å²) in [5.41, 5.74) is 4.42. The number of rotatable bonds is 6. The number of carbonyl (C=O) groups is 2. The summed E-state index contributed by atoms with van der Waals surface area (Å²) in [6.45, 7) is 0. The van der Waals surface area contributed by atoms with E-state index in [4.69, 9.17) is 4.74 Å². The van der Waals surface area contributed by atoms with Crippen molar-refractivity contribution in [1.29, 1.82) is 0 Å². The minimum Gasteiger partial charge on any atom is -0.504 e. The number of aromatic hydroxyl groups is 1. The van der Waals surface area contributed by atoms with Crippen molar-refractivity contribution in [3.05, 3.63) is 86.3 Å². The van der Waals surface area contributed by atoms with Gasteiger partial charge < -0.3 is 15.2 Å². The predicted molar refractivity (Wildman–Crippen MR) is 126 cm³/mol. The van der Waals surface area contributed by atoms with Crippen LogP contribution >= 0.6 is 31.9 Å². The number of halogens is 2. The highest BCUT2D eigenvalue weighted by Crippen LogP contribution is 2.34. The third-order valence-corrected chi connectivity index (χ3v) is 5.43. The smallest absolute Gasteiger partial charge is 0.271 e. The Morgan fingerprint density at radius 3 is 2.35 bits per heavy atom. The van der Waals surface area contributed by atoms with Crippen LogP contribution in [0.5, 0.6) is 11.5 Å². The van der Waals surface area contributed by atoms with E-state index in [9.17, 15) is 14.7 Å². The van der Waals surface area contributed by atoms with E-state index in [2.05, 4.69) is 47.7 Å². The molecule has 0 spiro atoms. The lowest BCUT2D eigenvalue weighted by atomic mass is 10.1. The van der Waals surface area contributed by atoms with E-state index >= 15 is 0 Å². The average molecular weight is 547 g/mol. The zero-order valence-corrected chi connectivity index (χ0v) is 19.4. The molecule has 2 amide bonds. The molecule has 0 saturated heterocycles. The standard InChI is InChI=1S/C22H17Br2N3O4/c1-31-20-18(24)10-13(11-19(20)28)12-25-27-21(29)14-6-8-15(9-7-14)26-22(30)16-4-2-3-5-17(16)23/h2-12,28H,1H3,(H,26,30)(H,27,29)/b25-12+. The molecule has 0 unspecified atom stereocenters. The Bertz CT molecular complexity index is 1120. The SMILES string of the molecule is COc1c(O)cc(/C=N/NC(=O)c2ccc(NC(=O)c3ccccc3Br)cc2)cc1Br. The van der Waals surface area contributed by atoms with Crippen LogP contribution < -0.4 is 15.5 Å². The molecule has 7 nitrogen and oxygen atoms in total. The molecule has 0 bridgehead atoms. The van der Waals surface area contributed by atoms with Gasteiger partial charge in [0, 0.05) is 15.7 Å². The highest BCUT2D eigenvalue weighted by Gasteiger charge is 2.11. The fraction of sp³-hybridized carbons (Fsp3) is 0.0455. The van der Waals surface area contributed by atoms with Crippen molar-refractivity contribution in [2.24, 2.45) is 5.10 Å². The lowest BCUT2D eigenvalue weighted by Crippen LogP contribution is -2.18. The Balaban J connectivity index is 1.61.